The maximum absolute atomic E-state index is 8.94. The molecule has 10 heavy (non-hydrogen) atoms. The summed E-state index contributed by atoms with van der Waals surface area (Å²) in [6, 6.07) is -0.735. The average molecular weight is 141 g/mol. The topological polar surface area (TPSA) is 98.3 Å². The van der Waals surface area contributed by atoms with E-state index in [1.807, 2.05) is 0 Å². The van der Waals surface area contributed by atoms with E-state index in [1.165, 1.54) is 12.2 Å². The van der Waals surface area contributed by atoms with Gasteiger partial charge in [0.05, 0.1) is 6.04 Å². The molecule has 0 aliphatic heterocycles. The monoisotopic (exact) mass is 141 g/mol. The molecule has 4 nitrogen and oxygen atoms in total. The third kappa shape index (κ3) is 1.12. The molecule has 0 saturated carbocycles. The SMILES string of the molecule is NC1=CC(O)=CC(N)C1N. The largest absolute Gasteiger partial charge is 0.508 e. The number of aliphatic hydroxyl groups is 1. The highest BCUT2D eigenvalue weighted by Gasteiger charge is 2.18. The van der Waals surface area contributed by atoms with Gasteiger partial charge in [0.2, 0.25) is 0 Å². The first-order valence-corrected chi connectivity index (χ1v) is 3.00. The van der Waals surface area contributed by atoms with Crippen LogP contribution in [0.25, 0.3) is 0 Å². The van der Waals surface area contributed by atoms with Crippen molar-refractivity contribution < 1.29 is 5.11 Å². The molecule has 0 heterocycles. The van der Waals surface area contributed by atoms with Crippen molar-refractivity contribution in [2.24, 2.45) is 17.2 Å². The number of allylic oxidation sites excluding steroid dienone is 1. The summed E-state index contributed by atoms with van der Waals surface area (Å²) < 4.78 is 0. The molecule has 1 aliphatic rings. The van der Waals surface area contributed by atoms with Gasteiger partial charge in [-0.1, -0.05) is 0 Å². The molecule has 56 valence electrons. The van der Waals surface area contributed by atoms with Crippen LogP contribution < -0.4 is 17.2 Å². The van der Waals surface area contributed by atoms with E-state index in [-0.39, 0.29) is 17.8 Å². The second-order valence-corrected chi connectivity index (χ2v) is 2.34. The van der Waals surface area contributed by atoms with E-state index in [0.29, 0.717) is 5.70 Å². The van der Waals surface area contributed by atoms with Gasteiger partial charge in [0.25, 0.3) is 0 Å². The van der Waals surface area contributed by atoms with Gasteiger partial charge in [-0.25, -0.2) is 0 Å². The average Bonchev–Trinajstić information content (AvgIpc) is 1.82. The van der Waals surface area contributed by atoms with Gasteiger partial charge < -0.3 is 22.3 Å². The smallest absolute Gasteiger partial charge is 0.114 e. The summed E-state index contributed by atoms with van der Waals surface area (Å²) in [5, 5.41) is 8.94. The van der Waals surface area contributed by atoms with Gasteiger partial charge >= 0.3 is 0 Å². The highest BCUT2D eigenvalue weighted by molar-refractivity contribution is 5.29. The molecule has 1 rings (SSSR count). The van der Waals surface area contributed by atoms with E-state index in [0.717, 1.165) is 0 Å². The Kier molecular flexibility index (Phi) is 1.65. The third-order valence-corrected chi connectivity index (χ3v) is 1.48. The summed E-state index contributed by atoms with van der Waals surface area (Å²) in [5.41, 5.74) is 16.8. The lowest BCUT2D eigenvalue weighted by molar-refractivity contribution is 0.417. The van der Waals surface area contributed by atoms with Crippen LogP contribution in [0.3, 0.4) is 0 Å². The molecule has 0 bridgehead atoms. The fourth-order valence-corrected chi connectivity index (χ4v) is 0.838. The van der Waals surface area contributed by atoms with E-state index in [4.69, 9.17) is 22.3 Å². The normalized spacial score (nSPS) is 33.0. The van der Waals surface area contributed by atoms with Crippen LogP contribution in [-0.2, 0) is 0 Å². The molecule has 0 aromatic heterocycles. The number of hydrogen-bond donors (Lipinski definition) is 4. The summed E-state index contributed by atoms with van der Waals surface area (Å²) in [6.07, 6.45) is 2.88. The third-order valence-electron chi connectivity index (χ3n) is 1.48. The second kappa shape index (κ2) is 2.32. The molecule has 0 amide bonds. The van der Waals surface area contributed by atoms with Crippen molar-refractivity contribution in [1.29, 1.82) is 0 Å². The molecular formula is C6H11N3O. The predicted molar refractivity (Wildman–Crippen MR) is 38.9 cm³/mol. The molecule has 2 unspecified atom stereocenters. The minimum absolute atomic E-state index is 0.0895. The highest BCUT2D eigenvalue weighted by atomic mass is 16.3. The fourth-order valence-electron chi connectivity index (χ4n) is 0.838. The Labute approximate surface area is 59.0 Å². The molecule has 2 atom stereocenters. The van der Waals surface area contributed by atoms with E-state index in [9.17, 15) is 0 Å². The van der Waals surface area contributed by atoms with Crippen LogP contribution in [0, 0.1) is 0 Å². The van der Waals surface area contributed by atoms with Crippen LogP contribution in [-0.4, -0.2) is 17.2 Å². The summed E-state index contributed by atoms with van der Waals surface area (Å²) in [5.74, 6) is 0.0895. The van der Waals surface area contributed by atoms with Gasteiger partial charge in [-0.2, -0.15) is 0 Å². The highest BCUT2D eigenvalue weighted by Crippen LogP contribution is 2.09. The predicted octanol–water partition coefficient (Wildman–Crippen LogP) is -1.06. The van der Waals surface area contributed by atoms with Gasteiger partial charge in [-0.15, -0.1) is 0 Å². The van der Waals surface area contributed by atoms with Crippen molar-refractivity contribution in [2.75, 3.05) is 0 Å². The van der Waals surface area contributed by atoms with Crippen molar-refractivity contribution in [3.8, 4) is 0 Å². The summed E-state index contributed by atoms with van der Waals surface area (Å²) in [7, 11) is 0. The number of aliphatic hydroxyl groups excluding tert-OH is 1. The maximum atomic E-state index is 8.94. The molecule has 0 aromatic carbocycles. The van der Waals surface area contributed by atoms with E-state index in [2.05, 4.69) is 0 Å². The molecule has 1 aliphatic carbocycles. The zero-order chi connectivity index (χ0) is 7.72. The van der Waals surface area contributed by atoms with Crippen molar-refractivity contribution in [3.63, 3.8) is 0 Å². The number of hydrogen-bond acceptors (Lipinski definition) is 4. The Bertz CT molecular complexity index is 197. The lowest BCUT2D eigenvalue weighted by atomic mass is 10.0. The first-order valence-electron chi connectivity index (χ1n) is 3.00. The van der Waals surface area contributed by atoms with Crippen LogP contribution >= 0.6 is 0 Å². The zero-order valence-corrected chi connectivity index (χ0v) is 5.49. The fraction of sp³-hybridized carbons (Fsp3) is 0.333. The Morgan fingerprint density at radius 3 is 2.50 bits per heavy atom. The van der Waals surface area contributed by atoms with Gasteiger partial charge in [-0.05, 0) is 12.2 Å². The Morgan fingerprint density at radius 1 is 1.40 bits per heavy atom. The first kappa shape index (κ1) is 7.11. The van der Waals surface area contributed by atoms with Crippen LogP contribution in [0.4, 0.5) is 0 Å². The standard InChI is InChI=1S/C6H11N3O/c7-4-1-3(10)2-5(8)6(4)9/h1-2,4,6,10H,7-9H2. The molecule has 0 radical (unpaired) electrons. The molecular weight excluding hydrogens is 130 g/mol. The molecule has 0 spiro atoms. The minimum Gasteiger partial charge on any atom is -0.508 e. The molecule has 0 fully saturated rings. The van der Waals surface area contributed by atoms with E-state index in [1.54, 1.807) is 0 Å². The van der Waals surface area contributed by atoms with Gasteiger partial charge in [0.15, 0.2) is 0 Å². The van der Waals surface area contributed by atoms with Crippen molar-refractivity contribution >= 4 is 0 Å². The minimum atomic E-state index is -0.370. The second-order valence-electron chi connectivity index (χ2n) is 2.34. The summed E-state index contributed by atoms with van der Waals surface area (Å²) >= 11 is 0. The van der Waals surface area contributed by atoms with Crippen LogP contribution in [0.2, 0.25) is 0 Å². The quantitative estimate of drug-likeness (QED) is 0.345. The molecule has 4 heteroatoms. The Hall–Kier alpha value is -1.00. The number of nitrogens with two attached hydrogens (primary N) is 3. The Balaban J connectivity index is 2.85. The molecule has 7 N–H and O–H groups in total. The maximum Gasteiger partial charge on any atom is 0.114 e. The van der Waals surface area contributed by atoms with Gasteiger partial charge in [0.1, 0.15) is 5.76 Å². The van der Waals surface area contributed by atoms with E-state index >= 15 is 0 Å². The zero-order valence-electron chi connectivity index (χ0n) is 5.49. The molecule has 0 saturated heterocycles. The van der Waals surface area contributed by atoms with Gasteiger partial charge in [0, 0.05) is 11.7 Å². The van der Waals surface area contributed by atoms with Gasteiger partial charge in [-0.3, -0.25) is 0 Å². The lowest BCUT2D eigenvalue weighted by Gasteiger charge is -2.20. The number of rotatable bonds is 0. The Morgan fingerprint density at radius 2 is 2.00 bits per heavy atom. The molecule has 0 aromatic rings. The van der Waals surface area contributed by atoms with Crippen LogP contribution in [0.1, 0.15) is 0 Å². The van der Waals surface area contributed by atoms with E-state index < -0.39 is 0 Å². The van der Waals surface area contributed by atoms with Crippen LogP contribution in [0.5, 0.6) is 0 Å². The van der Waals surface area contributed by atoms with Crippen LogP contribution in [0.15, 0.2) is 23.6 Å². The lowest BCUT2D eigenvalue weighted by Crippen LogP contribution is -2.45. The summed E-state index contributed by atoms with van der Waals surface area (Å²) in [6.45, 7) is 0. The van der Waals surface area contributed by atoms with Crippen molar-refractivity contribution in [1.82, 2.24) is 0 Å². The summed E-state index contributed by atoms with van der Waals surface area (Å²) in [4.78, 5) is 0. The first-order chi connectivity index (χ1) is 4.61. The van der Waals surface area contributed by atoms with Crippen molar-refractivity contribution in [3.05, 3.63) is 23.6 Å². The van der Waals surface area contributed by atoms with Crippen molar-refractivity contribution in [2.45, 2.75) is 12.1 Å².